The van der Waals surface area contributed by atoms with E-state index in [1.807, 2.05) is 43.2 Å². The molecule has 178 valence electrons. The lowest BCUT2D eigenvalue weighted by Crippen LogP contribution is -2.37. The molecule has 0 atom stereocenters. The Morgan fingerprint density at radius 1 is 1.32 bits per heavy atom. The van der Waals surface area contributed by atoms with Crippen LogP contribution in [0, 0.1) is 0 Å². The number of hydrogen-bond donors (Lipinski definition) is 2. The van der Waals surface area contributed by atoms with E-state index in [-0.39, 0.29) is 18.4 Å². The van der Waals surface area contributed by atoms with Gasteiger partial charge in [0, 0.05) is 53.2 Å². The van der Waals surface area contributed by atoms with E-state index in [0.29, 0.717) is 36.5 Å². The number of likely N-dealkylation sites (tertiary alicyclic amines) is 1. The van der Waals surface area contributed by atoms with Gasteiger partial charge in [-0.3, -0.25) is 9.78 Å². The number of carbonyl (C=O) groups is 1. The quantitative estimate of drug-likeness (QED) is 0.523. The van der Waals surface area contributed by atoms with E-state index in [1.165, 1.54) is 11.8 Å². The molecule has 3 aromatic rings. The first-order chi connectivity index (χ1) is 16.5. The number of aromatic nitrogens is 4. The molecule has 9 heteroatoms. The molecule has 0 unspecified atom stereocenters. The average Bonchev–Trinajstić information content (AvgIpc) is 3.31. The Labute approximate surface area is 203 Å². The number of allylic oxidation sites excluding steroid dienone is 1. The third-order valence-electron chi connectivity index (χ3n) is 6.31. The van der Waals surface area contributed by atoms with Crippen LogP contribution in [0.15, 0.2) is 42.6 Å². The number of piperidine rings is 1. The zero-order chi connectivity index (χ0) is 24.2. The number of pyridine rings is 1. The van der Waals surface area contributed by atoms with Crippen molar-refractivity contribution in [2.24, 2.45) is 0 Å². The predicted molar refractivity (Wildman–Crippen MR) is 137 cm³/mol. The van der Waals surface area contributed by atoms with Gasteiger partial charge in [-0.2, -0.15) is 9.61 Å². The predicted octanol–water partition coefficient (Wildman–Crippen LogP) is 4.22. The lowest BCUT2D eigenvalue weighted by molar-refractivity contribution is -0.131. The number of anilines is 1. The highest BCUT2D eigenvalue weighted by Crippen LogP contribution is 2.35. The third kappa shape index (κ3) is 4.45. The van der Waals surface area contributed by atoms with Crippen molar-refractivity contribution in [3.8, 4) is 11.1 Å². The Kier molecular flexibility index (Phi) is 7.33. The summed E-state index contributed by atoms with van der Waals surface area (Å²) in [7, 11) is 0. The van der Waals surface area contributed by atoms with Crippen molar-refractivity contribution < 1.29 is 9.90 Å². The third-order valence-corrected chi connectivity index (χ3v) is 7.18. The number of aliphatic hydroxyl groups is 1. The second-order valence-corrected chi connectivity index (χ2v) is 9.20. The van der Waals surface area contributed by atoms with Crippen LogP contribution >= 0.6 is 11.8 Å². The van der Waals surface area contributed by atoms with Crippen LogP contribution in [0.1, 0.15) is 56.0 Å². The van der Waals surface area contributed by atoms with Crippen LogP contribution in [0.2, 0.25) is 0 Å². The maximum Gasteiger partial charge on any atom is 0.222 e. The normalized spacial score (nSPS) is 15.1. The topological polar surface area (TPSA) is 110 Å². The summed E-state index contributed by atoms with van der Waals surface area (Å²) in [6.07, 6.45) is 7.64. The molecule has 1 amide bonds. The zero-order valence-electron chi connectivity index (χ0n) is 19.6. The Morgan fingerprint density at radius 2 is 2.09 bits per heavy atom. The largest absolute Gasteiger partial charge is 0.391 e. The van der Waals surface area contributed by atoms with Crippen LogP contribution in [-0.4, -0.2) is 48.6 Å². The van der Waals surface area contributed by atoms with E-state index in [0.717, 1.165) is 40.3 Å². The molecule has 3 N–H and O–H groups in total. The van der Waals surface area contributed by atoms with Crippen molar-refractivity contribution in [2.45, 2.75) is 45.6 Å². The highest BCUT2D eigenvalue weighted by molar-refractivity contribution is 8.10. The fourth-order valence-corrected chi connectivity index (χ4v) is 5.02. The number of nitrogens with two attached hydrogens (primary N) is 1. The molecule has 4 rings (SSSR count). The molecule has 1 saturated heterocycles. The number of aliphatic hydroxyl groups excluding tert-OH is 1. The lowest BCUT2D eigenvalue weighted by Gasteiger charge is -2.32. The highest BCUT2D eigenvalue weighted by atomic mass is 32.2. The Balaban J connectivity index is 1.70. The molecule has 0 aliphatic carbocycles. The summed E-state index contributed by atoms with van der Waals surface area (Å²) in [5.74, 6) is 0.682. The summed E-state index contributed by atoms with van der Waals surface area (Å²) in [6.45, 7) is 8.79. The average molecular weight is 479 g/mol. The molecule has 3 aromatic heterocycles. The van der Waals surface area contributed by atoms with E-state index in [1.54, 1.807) is 16.1 Å². The molecule has 0 spiro atoms. The second kappa shape index (κ2) is 10.4. The van der Waals surface area contributed by atoms with Crippen LogP contribution in [0.3, 0.4) is 0 Å². The summed E-state index contributed by atoms with van der Waals surface area (Å²) >= 11 is 1.53. The van der Waals surface area contributed by atoms with Gasteiger partial charge < -0.3 is 15.7 Å². The lowest BCUT2D eigenvalue weighted by atomic mass is 9.90. The van der Waals surface area contributed by atoms with Gasteiger partial charge in [-0.15, -0.1) is 0 Å². The number of carbonyl (C=O) groups excluding carboxylic acids is 1. The molecule has 0 bridgehead atoms. The molecule has 4 heterocycles. The number of rotatable bonds is 7. The van der Waals surface area contributed by atoms with Crippen molar-refractivity contribution in [2.75, 3.05) is 18.8 Å². The smallest absolute Gasteiger partial charge is 0.222 e. The number of nitrogens with zero attached hydrogens (tertiary/aromatic N) is 5. The van der Waals surface area contributed by atoms with Gasteiger partial charge in [-0.1, -0.05) is 37.4 Å². The van der Waals surface area contributed by atoms with Crippen molar-refractivity contribution in [1.82, 2.24) is 24.5 Å². The van der Waals surface area contributed by atoms with Gasteiger partial charge in [0.2, 0.25) is 5.91 Å². The second-order valence-electron chi connectivity index (χ2n) is 8.19. The van der Waals surface area contributed by atoms with Crippen molar-refractivity contribution in [3.05, 3.63) is 59.5 Å². The van der Waals surface area contributed by atoms with Gasteiger partial charge >= 0.3 is 0 Å². The molecule has 1 fully saturated rings. The number of fused-ring (bicyclic) bond motifs is 1. The monoisotopic (exact) mass is 478 g/mol. The molecule has 1 aliphatic heterocycles. The highest BCUT2D eigenvalue weighted by Gasteiger charge is 2.28. The van der Waals surface area contributed by atoms with E-state index in [2.05, 4.69) is 16.7 Å². The number of nitrogen functional groups attached to an aromatic ring is 1. The fraction of sp³-hybridized carbons (Fsp3) is 0.360. The first-order valence-corrected chi connectivity index (χ1v) is 12.4. The SMILES string of the molecule is C=CS/C(=C\C)c1ccc(-c2cnn3c(N)c(CO)c(C4CCN(C(=O)CC)CC4)nc23)cn1. The van der Waals surface area contributed by atoms with Crippen molar-refractivity contribution in [3.63, 3.8) is 0 Å². The van der Waals surface area contributed by atoms with Crippen LogP contribution in [0.5, 0.6) is 0 Å². The minimum Gasteiger partial charge on any atom is -0.391 e. The Hall–Kier alpha value is -3.17. The summed E-state index contributed by atoms with van der Waals surface area (Å²) in [6, 6.07) is 3.97. The molecule has 0 radical (unpaired) electrons. The van der Waals surface area contributed by atoms with E-state index < -0.39 is 0 Å². The van der Waals surface area contributed by atoms with Gasteiger partial charge in [0.1, 0.15) is 5.82 Å². The summed E-state index contributed by atoms with van der Waals surface area (Å²) in [5, 5.41) is 16.3. The zero-order valence-corrected chi connectivity index (χ0v) is 20.4. The molecule has 1 aliphatic rings. The molecule has 0 saturated carbocycles. The summed E-state index contributed by atoms with van der Waals surface area (Å²) in [4.78, 5) is 24.6. The van der Waals surface area contributed by atoms with Crippen LogP contribution in [0.25, 0.3) is 21.7 Å². The summed E-state index contributed by atoms with van der Waals surface area (Å²) in [5.41, 5.74) is 11.1. The minimum atomic E-state index is -0.212. The number of hydrogen-bond acceptors (Lipinski definition) is 7. The summed E-state index contributed by atoms with van der Waals surface area (Å²) < 4.78 is 1.58. The van der Waals surface area contributed by atoms with Crippen LogP contribution in [0.4, 0.5) is 5.82 Å². The standard InChI is InChI=1S/C25H30N6O2S/c1-4-21(34-6-3)20-8-7-17(13-27-20)18-14-28-31-24(26)19(15-32)23(29-25(18)31)16-9-11-30(12-10-16)22(33)5-2/h4,6-8,13-14,16,32H,3,5,9-12,15,26H2,1-2H3/b21-4-. The van der Waals surface area contributed by atoms with E-state index in [4.69, 9.17) is 10.7 Å². The Bertz CT molecular complexity index is 1230. The maximum absolute atomic E-state index is 12.1. The maximum atomic E-state index is 12.1. The molecule has 0 aromatic carbocycles. The van der Waals surface area contributed by atoms with Gasteiger partial charge in [-0.05, 0) is 31.2 Å². The van der Waals surface area contributed by atoms with E-state index in [9.17, 15) is 9.90 Å². The molecule has 8 nitrogen and oxygen atoms in total. The van der Waals surface area contributed by atoms with Crippen LogP contribution < -0.4 is 5.73 Å². The fourth-order valence-electron chi connectivity index (χ4n) is 4.46. The molecular formula is C25H30N6O2S. The first-order valence-electron chi connectivity index (χ1n) is 11.5. The van der Waals surface area contributed by atoms with E-state index >= 15 is 0 Å². The number of thioether (sulfide) groups is 1. The Morgan fingerprint density at radius 3 is 2.68 bits per heavy atom. The molecule has 34 heavy (non-hydrogen) atoms. The van der Waals surface area contributed by atoms with Crippen molar-refractivity contribution >= 4 is 34.0 Å². The van der Waals surface area contributed by atoms with Gasteiger partial charge in [0.15, 0.2) is 5.65 Å². The molecular weight excluding hydrogens is 448 g/mol. The first kappa shape index (κ1) is 24.0. The van der Waals surface area contributed by atoms with Gasteiger partial charge in [0.05, 0.1) is 24.2 Å². The van der Waals surface area contributed by atoms with Gasteiger partial charge in [0.25, 0.3) is 0 Å². The minimum absolute atomic E-state index is 0.117. The van der Waals surface area contributed by atoms with Crippen molar-refractivity contribution in [1.29, 1.82) is 0 Å². The van der Waals surface area contributed by atoms with Gasteiger partial charge in [-0.25, -0.2) is 4.98 Å². The van der Waals surface area contributed by atoms with Crippen LogP contribution in [-0.2, 0) is 11.4 Å². The number of amides is 1.